The summed E-state index contributed by atoms with van der Waals surface area (Å²) in [6.45, 7) is 6.55. The normalized spacial score (nSPS) is 25.8. The minimum atomic E-state index is -4.31. The van der Waals surface area contributed by atoms with E-state index in [9.17, 15) is 13.2 Å². The molecule has 0 saturated heterocycles. The standard InChI is InChI=1S/C15H19BrF3N/c1-9-7-14(2,3)8-13(9)20-12-6-10(15(17,18)19)4-5-11(12)16/h4-6,9,13,20H,7-8H2,1-3H3. The molecule has 0 aromatic heterocycles. The van der Waals surface area contributed by atoms with Crippen LogP contribution in [0.3, 0.4) is 0 Å². The molecule has 1 nitrogen and oxygen atoms in total. The van der Waals surface area contributed by atoms with Gasteiger partial charge in [0.2, 0.25) is 0 Å². The van der Waals surface area contributed by atoms with Crippen molar-refractivity contribution in [2.75, 3.05) is 5.32 Å². The van der Waals surface area contributed by atoms with Gasteiger partial charge in [-0.25, -0.2) is 0 Å². The van der Waals surface area contributed by atoms with E-state index in [1.165, 1.54) is 12.1 Å². The third-order valence-corrected chi connectivity index (χ3v) is 4.66. The summed E-state index contributed by atoms with van der Waals surface area (Å²) in [6, 6.07) is 3.94. The first-order chi connectivity index (χ1) is 9.08. The third-order valence-electron chi connectivity index (χ3n) is 3.97. The highest BCUT2D eigenvalue weighted by atomic mass is 79.9. The Bertz CT molecular complexity index is 496. The van der Waals surface area contributed by atoms with Gasteiger partial charge in [-0.15, -0.1) is 0 Å². The number of hydrogen-bond acceptors (Lipinski definition) is 1. The first-order valence-electron chi connectivity index (χ1n) is 6.72. The summed E-state index contributed by atoms with van der Waals surface area (Å²) < 4.78 is 39.0. The van der Waals surface area contributed by atoms with E-state index in [0.29, 0.717) is 16.1 Å². The van der Waals surface area contributed by atoms with Crippen molar-refractivity contribution in [3.63, 3.8) is 0 Å². The molecule has 2 rings (SSSR count). The highest BCUT2D eigenvalue weighted by molar-refractivity contribution is 9.10. The van der Waals surface area contributed by atoms with E-state index in [4.69, 9.17) is 0 Å². The Morgan fingerprint density at radius 1 is 1.25 bits per heavy atom. The number of rotatable bonds is 2. The van der Waals surface area contributed by atoms with Gasteiger partial charge < -0.3 is 5.32 Å². The maximum absolute atomic E-state index is 12.8. The van der Waals surface area contributed by atoms with Crippen molar-refractivity contribution in [2.45, 2.75) is 45.8 Å². The van der Waals surface area contributed by atoms with Crippen molar-refractivity contribution in [3.8, 4) is 0 Å². The Labute approximate surface area is 126 Å². The van der Waals surface area contributed by atoms with Crippen LogP contribution in [0.4, 0.5) is 18.9 Å². The maximum Gasteiger partial charge on any atom is 0.416 e. The van der Waals surface area contributed by atoms with E-state index in [1.54, 1.807) is 0 Å². The fraction of sp³-hybridized carbons (Fsp3) is 0.600. The van der Waals surface area contributed by atoms with Crippen molar-refractivity contribution in [2.24, 2.45) is 11.3 Å². The quantitative estimate of drug-likeness (QED) is 0.721. The van der Waals surface area contributed by atoms with Crippen molar-refractivity contribution >= 4 is 21.6 Å². The van der Waals surface area contributed by atoms with Crippen molar-refractivity contribution in [3.05, 3.63) is 28.2 Å². The van der Waals surface area contributed by atoms with Crippen LogP contribution in [0.5, 0.6) is 0 Å². The lowest BCUT2D eigenvalue weighted by atomic mass is 9.91. The number of nitrogens with one attached hydrogen (secondary N) is 1. The lowest BCUT2D eigenvalue weighted by Gasteiger charge is -2.21. The molecular weight excluding hydrogens is 331 g/mol. The molecule has 1 aliphatic carbocycles. The van der Waals surface area contributed by atoms with Crippen LogP contribution in [0, 0.1) is 11.3 Å². The van der Waals surface area contributed by atoms with Crippen molar-refractivity contribution in [1.29, 1.82) is 0 Å². The predicted octanol–water partition coefficient (Wildman–Crippen LogP) is 5.70. The second-order valence-electron chi connectivity index (χ2n) is 6.49. The average molecular weight is 350 g/mol. The zero-order valence-corrected chi connectivity index (χ0v) is 13.4. The van der Waals surface area contributed by atoms with Crippen LogP contribution in [-0.4, -0.2) is 6.04 Å². The Hall–Kier alpha value is -0.710. The monoisotopic (exact) mass is 349 g/mol. The summed E-state index contributed by atoms with van der Waals surface area (Å²) in [5.41, 5.74) is 0.146. The zero-order valence-electron chi connectivity index (χ0n) is 11.8. The molecule has 1 N–H and O–H groups in total. The molecule has 0 heterocycles. The molecule has 0 bridgehead atoms. The molecule has 20 heavy (non-hydrogen) atoms. The molecule has 5 heteroatoms. The molecule has 2 atom stereocenters. The summed E-state index contributed by atoms with van der Waals surface area (Å²) >= 11 is 3.32. The molecule has 2 unspecified atom stereocenters. The number of hydrogen-bond donors (Lipinski definition) is 1. The smallest absolute Gasteiger partial charge is 0.381 e. The molecule has 0 spiro atoms. The topological polar surface area (TPSA) is 12.0 Å². The summed E-state index contributed by atoms with van der Waals surface area (Å²) in [5, 5.41) is 3.28. The molecule has 0 aliphatic heterocycles. The summed E-state index contributed by atoms with van der Waals surface area (Å²) in [5.74, 6) is 0.450. The Balaban J connectivity index is 2.21. The van der Waals surface area contributed by atoms with Crippen LogP contribution in [-0.2, 0) is 6.18 Å². The van der Waals surface area contributed by atoms with Crippen LogP contribution in [0.25, 0.3) is 0 Å². The van der Waals surface area contributed by atoms with E-state index in [1.807, 2.05) is 0 Å². The second-order valence-corrected chi connectivity index (χ2v) is 7.35. The van der Waals surface area contributed by atoms with E-state index < -0.39 is 11.7 Å². The molecular formula is C15H19BrF3N. The van der Waals surface area contributed by atoms with Gasteiger partial charge in [0.25, 0.3) is 0 Å². The van der Waals surface area contributed by atoms with Gasteiger partial charge in [0.15, 0.2) is 0 Å². The number of anilines is 1. The van der Waals surface area contributed by atoms with Crippen molar-refractivity contribution in [1.82, 2.24) is 0 Å². The van der Waals surface area contributed by atoms with Crippen LogP contribution in [0.2, 0.25) is 0 Å². The summed E-state index contributed by atoms with van der Waals surface area (Å²) in [6.07, 6.45) is -2.25. The molecule has 1 aromatic carbocycles. The fourth-order valence-corrected chi connectivity index (χ4v) is 3.46. The van der Waals surface area contributed by atoms with E-state index in [2.05, 4.69) is 42.0 Å². The molecule has 0 amide bonds. The zero-order chi connectivity index (χ0) is 15.1. The fourth-order valence-electron chi connectivity index (χ4n) is 3.10. The Morgan fingerprint density at radius 3 is 2.40 bits per heavy atom. The lowest BCUT2D eigenvalue weighted by Crippen LogP contribution is -2.23. The molecule has 1 aromatic rings. The number of halogens is 4. The Morgan fingerprint density at radius 2 is 1.90 bits per heavy atom. The molecule has 1 saturated carbocycles. The van der Waals surface area contributed by atoms with E-state index in [-0.39, 0.29) is 11.5 Å². The second kappa shape index (κ2) is 5.24. The van der Waals surface area contributed by atoms with Gasteiger partial charge in [-0.3, -0.25) is 0 Å². The summed E-state index contributed by atoms with van der Waals surface area (Å²) in [7, 11) is 0. The van der Waals surface area contributed by atoms with E-state index >= 15 is 0 Å². The van der Waals surface area contributed by atoms with Gasteiger partial charge in [-0.05, 0) is 58.3 Å². The first kappa shape index (κ1) is 15.7. The number of benzene rings is 1. The van der Waals surface area contributed by atoms with Crippen LogP contribution < -0.4 is 5.32 Å². The average Bonchev–Trinajstić information content (AvgIpc) is 2.53. The van der Waals surface area contributed by atoms with E-state index in [0.717, 1.165) is 18.9 Å². The maximum atomic E-state index is 12.8. The van der Waals surface area contributed by atoms with Gasteiger partial charge in [0, 0.05) is 16.2 Å². The SMILES string of the molecule is CC1CC(C)(C)CC1Nc1cc(C(F)(F)F)ccc1Br. The molecule has 0 radical (unpaired) electrons. The third kappa shape index (κ3) is 3.48. The first-order valence-corrected chi connectivity index (χ1v) is 7.51. The highest BCUT2D eigenvalue weighted by Gasteiger charge is 2.37. The van der Waals surface area contributed by atoms with Crippen LogP contribution in [0.15, 0.2) is 22.7 Å². The lowest BCUT2D eigenvalue weighted by molar-refractivity contribution is -0.137. The minimum absolute atomic E-state index is 0.213. The van der Waals surface area contributed by atoms with Gasteiger partial charge in [0.1, 0.15) is 0 Å². The molecule has 112 valence electrons. The van der Waals surface area contributed by atoms with Crippen LogP contribution >= 0.6 is 15.9 Å². The minimum Gasteiger partial charge on any atom is -0.381 e. The molecule has 1 aliphatic rings. The molecule has 1 fully saturated rings. The van der Waals surface area contributed by atoms with Crippen molar-refractivity contribution < 1.29 is 13.2 Å². The van der Waals surface area contributed by atoms with Gasteiger partial charge in [0.05, 0.1) is 5.56 Å². The largest absolute Gasteiger partial charge is 0.416 e. The van der Waals surface area contributed by atoms with Gasteiger partial charge in [-0.1, -0.05) is 20.8 Å². The van der Waals surface area contributed by atoms with Crippen LogP contribution in [0.1, 0.15) is 39.2 Å². The predicted molar refractivity (Wildman–Crippen MR) is 78.7 cm³/mol. The summed E-state index contributed by atoms with van der Waals surface area (Å²) in [4.78, 5) is 0. The van der Waals surface area contributed by atoms with Gasteiger partial charge in [-0.2, -0.15) is 13.2 Å². The highest BCUT2D eigenvalue weighted by Crippen LogP contribution is 2.43. The van der Waals surface area contributed by atoms with Gasteiger partial charge >= 0.3 is 6.18 Å². The Kier molecular flexibility index (Phi) is 4.11. The number of alkyl halides is 3.